The number of nitrogens with one attached hydrogen (secondary N) is 1. The second-order valence-corrected chi connectivity index (χ2v) is 7.95. The number of hydrogen-bond donors (Lipinski definition) is 2. The van der Waals surface area contributed by atoms with E-state index in [1.807, 2.05) is 36.4 Å². The van der Waals surface area contributed by atoms with E-state index in [2.05, 4.69) is 38.5 Å². The van der Waals surface area contributed by atoms with Gasteiger partial charge in [-0.1, -0.05) is 48.5 Å². The number of ether oxygens (including phenoxy) is 1. The Labute approximate surface area is 181 Å². The summed E-state index contributed by atoms with van der Waals surface area (Å²) in [5, 5.41) is 16.1. The predicted molar refractivity (Wildman–Crippen MR) is 114 cm³/mol. The van der Waals surface area contributed by atoms with E-state index >= 15 is 0 Å². The maximum absolute atomic E-state index is 12.5. The lowest BCUT2D eigenvalue weighted by molar-refractivity contribution is -0.137. The highest BCUT2D eigenvalue weighted by Gasteiger charge is 2.29. The normalized spacial score (nSPS) is 13.4. The largest absolute Gasteiger partial charge is 0.481 e. The molecule has 4 rings (SSSR count). The van der Waals surface area contributed by atoms with Crippen LogP contribution in [0.15, 0.2) is 59.2 Å². The van der Waals surface area contributed by atoms with Gasteiger partial charge in [0.1, 0.15) is 11.2 Å². The van der Waals surface area contributed by atoms with Crippen LogP contribution in [0.2, 0.25) is 0 Å². The number of benzene rings is 2. The highest BCUT2D eigenvalue weighted by molar-refractivity contribution is 9.10. The van der Waals surface area contributed by atoms with E-state index in [9.17, 15) is 14.7 Å². The number of fused-ring (bicyclic) bond motifs is 3. The number of hydrogen-bond acceptors (Lipinski definition) is 4. The number of carbonyl (C=O) groups is 2. The van der Waals surface area contributed by atoms with Gasteiger partial charge >= 0.3 is 12.1 Å². The number of carbonyl (C=O) groups excluding carboxylic acids is 1. The maximum Gasteiger partial charge on any atom is 0.407 e. The molecule has 0 fully saturated rings. The topological polar surface area (TPSA) is 93.5 Å². The van der Waals surface area contributed by atoms with Crippen LogP contribution in [0.25, 0.3) is 11.1 Å². The van der Waals surface area contributed by atoms with Gasteiger partial charge in [0.15, 0.2) is 0 Å². The molecule has 1 atom stereocenters. The molecule has 2 aromatic carbocycles. The van der Waals surface area contributed by atoms with E-state index < -0.39 is 18.1 Å². The number of carboxylic acids is 1. The summed E-state index contributed by atoms with van der Waals surface area (Å²) < 4.78 is 7.62. The van der Waals surface area contributed by atoms with Crippen molar-refractivity contribution in [2.75, 3.05) is 6.61 Å². The molecule has 0 spiro atoms. The van der Waals surface area contributed by atoms with Crippen LogP contribution in [0.1, 0.15) is 35.2 Å². The third-order valence-electron chi connectivity index (χ3n) is 5.26. The van der Waals surface area contributed by atoms with Gasteiger partial charge in [-0.05, 0) is 44.3 Å². The van der Waals surface area contributed by atoms with Crippen LogP contribution < -0.4 is 5.32 Å². The van der Waals surface area contributed by atoms with Gasteiger partial charge in [0.25, 0.3) is 0 Å². The molecule has 1 aliphatic rings. The Bertz CT molecular complexity index is 1070. The molecule has 1 aromatic heterocycles. The molecule has 1 heterocycles. The Balaban J connectivity index is 1.49. The first-order chi connectivity index (χ1) is 14.4. The molecule has 0 aliphatic heterocycles. The van der Waals surface area contributed by atoms with Gasteiger partial charge in [0, 0.05) is 13.0 Å². The van der Waals surface area contributed by atoms with E-state index in [0.717, 1.165) is 22.3 Å². The summed E-state index contributed by atoms with van der Waals surface area (Å²) in [6.07, 6.45) is -0.948. The first kappa shape index (κ1) is 20.2. The maximum atomic E-state index is 12.5. The summed E-state index contributed by atoms with van der Waals surface area (Å²) in [6.45, 7) is 0.161. The van der Waals surface area contributed by atoms with E-state index in [-0.39, 0.29) is 18.9 Å². The summed E-state index contributed by atoms with van der Waals surface area (Å²) in [5.74, 6) is -1.09. The van der Waals surface area contributed by atoms with Crippen molar-refractivity contribution >= 4 is 28.0 Å². The summed E-state index contributed by atoms with van der Waals surface area (Å²) in [7, 11) is 1.69. The fourth-order valence-electron chi connectivity index (χ4n) is 3.96. The van der Waals surface area contributed by atoms with Gasteiger partial charge < -0.3 is 15.2 Å². The van der Waals surface area contributed by atoms with Crippen LogP contribution in [-0.4, -0.2) is 33.6 Å². The monoisotopic (exact) mass is 469 g/mol. The van der Waals surface area contributed by atoms with Crippen molar-refractivity contribution in [3.05, 3.63) is 76.0 Å². The van der Waals surface area contributed by atoms with Crippen LogP contribution in [-0.2, 0) is 16.6 Å². The minimum absolute atomic E-state index is 0.0630. The number of halogens is 1. The van der Waals surface area contributed by atoms with Gasteiger partial charge in [0.2, 0.25) is 0 Å². The van der Waals surface area contributed by atoms with Gasteiger partial charge in [-0.25, -0.2) is 4.79 Å². The number of amides is 1. The second kappa shape index (κ2) is 8.31. The zero-order valence-electron chi connectivity index (χ0n) is 16.2. The van der Waals surface area contributed by atoms with E-state index in [1.165, 1.54) is 4.68 Å². The van der Waals surface area contributed by atoms with Gasteiger partial charge in [-0.15, -0.1) is 0 Å². The molecule has 30 heavy (non-hydrogen) atoms. The summed E-state index contributed by atoms with van der Waals surface area (Å²) in [5.41, 5.74) is 5.09. The highest BCUT2D eigenvalue weighted by atomic mass is 79.9. The molecule has 0 saturated carbocycles. The van der Waals surface area contributed by atoms with Crippen LogP contribution in [0.4, 0.5) is 4.79 Å². The van der Waals surface area contributed by atoms with Gasteiger partial charge in [-0.3, -0.25) is 9.48 Å². The molecule has 7 nitrogen and oxygen atoms in total. The van der Waals surface area contributed by atoms with Crippen molar-refractivity contribution in [3.63, 3.8) is 0 Å². The van der Waals surface area contributed by atoms with Gasteiger partial charge in [0.05, 0.1) is 18.2 Å². The third kappa shape index (κ3) is 3.95. The van der Waals surface area contributed by atoms with E-state index in [4.69, 9.17) is 4.74 Å². The number of carboxylic acid groups (broad SMARTS) is 1. The molecular weight excluding hydrogens is 450 g/mol. The number of rotatable bonds is 6. The Morgan fingerprint density at radius 1 is 1.17 bits per heavy atom. The number of alkyl carbamates (subject to hydrolysis) is 1. The highest BCUT2D eigenvalue weighted by Crippen LogP contribution is 2.44. The van der Waals surface area contributed by atoms with E-state index in [1.54, 1.807) is 13.1 Å². The standard InChI is InChI=1S/C22H20BrN3O4/c1-26-19(11-20(23)25-26)18(10-21(27)28)24-22(29)30-12-17-15-8-4-2-6-13(15)14-7-3-5-9-16(14)17/h2-9,11,17-18H,10,12H2,1H3,(H,24,29)(H,27,28)/t18-/m0/s1. The van der Waals surface area contributed by atoms with Crippen LogP contribution in [0.3, 0.4) is 0 Å². The molecule has 1 amide bonds. The number of aryl methyl sites for hydroxylation is 1. The fourth-order valence-corrected chi connectivity index (χ4v) is 4.43. The summed E-state index contributed by atoms with van der Waals surface area (Å²) in [4.78, 5) is 23.8. The quantitative estimate of drug-likeness (QED) is 0.562. The molecule has 0 unspecified atom stereocenters. The van der Waals surface area contributed by atoms with E-state index in [0.29, 0.717) is 10.3 Å². The fraction of sp³-hybridized carbons (Fsp3) is 0.227. The Kier molecular flexibility index (Phi) is 5.59. The molecule has 154 valence electrons. The molecule has 3 aromatic rings. The lowest BCUT2D eigenvalue weighted by Crippen LogP contribution is -2.32. The first-order valence-corrected chi connectivity index (χ1v) is 10.3. The molecule has 1 aliphatic carbocycles. The Morgan fingerprint density at radius 3 is 2.30 bits per heavy atom. The van der Waals surface area contributed by atoms with Crippen LogP contribution >= 0.6 is 15.9 Å². The summed E-state index contributed by atoms with van der Waals surface area (Å²) in [6, 6.07) is 17.1. The van der Waals surface area contributed by atoms with Gasteiger partial charge in [-0.2, -0.15) is 5.10 Å². The molecule has 2 N–H and O–H groups in total. The average Bonchev–Trinajstić information content (AvgIpc) is 3.22. The van der Waals surface area contributed by atoms with Crippen molar-refractivity contribution in [1.82, 2.24) is 15.1 Å². The predicted octanol–water partition coefficient (Wildman–Crippen LogP) is 4.24. The minimum Gasteiger partial charge on any atom is -0.481 e. The van der Waals surface area contributed by atoms with Crippen LogP contribution in [0, 0.1) is 0 Å². The zero-order valence-corrected chi connectivity index (χ0v) is 17.8. The Hall–Kier alpha value is -3.13. The minimum atomic E-state index is -1.03. The zero-order chi connectivity index (χ0) is 21.3. The van der Waals surface area contributed by atoms with Crippen molar-refractivity contribution in [3.8, 4) is 11.1 Å². The van der Waals surface area contributed by atoms with Crippen molar-refractivity contribution in [2.24, 2.45) is 7.05 Å². The Morgan fingerprint density at radius 2 is 1.77 bits per heavy atom. The SMILES string of the molecule is Cn1nc(Br)cc1[C@H](CC(=O)O)NC(=O)OCC1c2ccccc2-c2ccccc21. The third-order valence-corrected chi connectivity index (χ3v) is 5.65. The van der Waals surface area contributed by atoms with Crippen molar-refractivity contribution in [2.45, 2.75) is 18.4 Å². The summed E-state index contributed by atoms with van der Waals surface area (Å²) >= 11 is 3.27. The number of aromatic nitrogens is 2. The second-order valence-electron chi connectivity index (χ2n) is 7.14. The van der Waals surface area contributed by atoms with Crippen molar-refractivity contribution < 1.29 is 19.4 Å². The number of aliphatic carboxylic acids is 1. The molecular formula is C22H20BrN3O4. The number of nitrogens with zero attached hydrogens (tertiary/aromatic N) is 2. The molecule has 0 bridgehead atoms. The lowest BCUT2D eigenvalue weighted by Gasteiger charge is -2.19. The molecule has 0 radical (unpaired) electrons. The molecule has 8 heteroatoms. The first-order valence-electron chi connectivity index (χ1n) is 9.46. The smallest absolute Gasteiger partial charge is 0.407 e. The molecule has 0 saturated heterocycles. The van der Waals surface area contributed by atoms with Crippen LogP contribution in [0.5, 0.6) is 0 Å². The van der Waals surface area contributed by atoms with Crippen molar-refractivity contribution in [1.29, 1.82) is 0 Å². The average molecular weight is 470 g/mol. The lowest BCUT2D eigenvalue weighted by atomic mass is 9.98.